The Kier molecular flexibility index (Phi) is 4.40. The number of para-hydroxylation sites is 1. The van der Waals surface area contributed by atoms with Gasteiger partial charge in [-0.3, -0.25) is 10.1 Å². The van der Waals surface area contributed by atoms with E-state index < -0.39 is 4.92 Å². The average molecular weight is 330 g/mol. The number of H-pyrrole nitrogens is 1. The van der Waals surface area contributed by atoms with Crippen molar-refractivity contribution in [1.29, 1.82) is 5.26 Å². The molecule has 0 bridgehead atoms. The Hall–Kier alpha value is -3.72. The number of hydrogen-bond acceptors (Lipinski definition) is 4. The fraction of sp³-hybridized carbons (Fsp3) is 0.0526. The summed E-state index contributed by atoms with van der Waals surface area (Å²) < 4.78 is 0. The first-order valence-corrected chi connectivity index (χ1v) is 7.57. The number of allylic oxidation sites excluding steroid dienone is 3. The molecule has 122 valence electrons. The topological polar surface area (TPSA) is 95.6 Å². The van der Waals surface area contributed by atoms with Gasteiger partial charge in [-0.2, -0.15) is 5.26 Å². The molecule has 6 heteroatoms. The second-order valence-electron chi connectivity index (χ2n) is 5.47. The van der Waals surface area contributed by atoms with E-state index in [1.165, 1.54) is 6.07 Å². The largest absolute Gasteiger partial charge is 0.337 e. The molecule has 0 radical (unpaired) electrons. The van der Waals surface area contributed by atoms with E-state index in [0.29, 0.717) is 17.0 Å². The van der Waals surface area contributed by atoms with Crippen molar-refractivity contribution in [1.82, 2.24) is 9.97 Å². The van der Waals surface area contributed by atoms with Gasteiger partial charge in [0.15, 0.2) is 0 Å². The molecule has 0 saturated heterocycles. The molecular weight excluding hydrogens is 316 g/mol. The number of fused-ring (bicyclic) bond motifs is 1. The molecule has 0 unspecified atom stereocenters. The lowest BCUT2D eigenvalue weighted by atomic mass is 10.1. The molecule has 0 saturated carbocycles. The van der Waals surface area contributed by atoms with Crippen molar-refractivity contribution >= 4 is 28.4 Å². The van der Waals surface area contributed by atoms with Crippen LogP contribution < -0.4 is 0 Å². The quantitative estimate of drug-likeness (QED) is 0.332. The number of aromatic amines is 1. The summed E-state index contributed by atoms with van der Waals surface area (Å²) in [6.45, 7) is 1.98. The number of nitro groups is 1. The van der Waals surface area contributed by atoms with Gasteiger partial charge in [-0.25, -0.2) is 4.98 Å². The van der Waals surface area contributed by atoms with Crippen LogP contribution >= 0.6 is 0 Å². The van der Waals surface area contributed by atoms with Gasteiger partial charge in [0.1, 0.15) is 11.9 Å². The highest BCUT2D eigenvalue weighted by Crippen LogP contribution is 2.20. The van der Waals surface area contributed by atoms with E-state index in [-0.39, 0.29) is 5.69 Å². The molecule has 0 amide bonds. The summed E-state index contributed by atoms with van der Waals surface area (Å²) in [6.07, 6.45) is 4.79. The normalized spacial score (nSPS) is 11.8. The summed E-state index contributed by atoms with van der Waals surface area (Å²) in [5, 5.41) is 20.4. The first-order valence-electron chi connectivity index (χ1n) is 7.57. The van der Waals surface area contributed by atoms with Crippen molar-refractivity contribution in [2.45, 2.75) is 6.92 Å². The molecule has 3 rings (SSSR count). The Bertz CT molecular complexity index is 1050. The lowest BCUT2D eigenvalue weighted by molar-refractivity contribution is -0.385. The summed E-state index contributed by atoms with van der Waals surface area (Å²) in [7, 11) is 0. The number of nitro benzene ring substituents is 1. The maximum absolute atomic E-state index is 11.0. The highest BCUT2D eigenvalue weighted by molar-refractivity contribution is 5.83. The van der Waals surface area contributed by atoms with Gasteiger partial charge in [0.2, 0.25) is 0 Å². The van der Waals surface area contributed by atoms with Gasteiger partial charge in [0.05, 0.1) is 27.1 Å². The number of rotatable bonds is 4. The molecule has 0 spiro atoms. The smallest absolute Gasteiger partial charge is 0.276 e. The van der Waals surface area contributed by atoms with Crippen LogP contribution in [0.1, 0.15) is 17.0 Å². The molecule has 2 aromatic carbocycles. The zero-order valence-corrected chi connectivity index (χ0v) is 13.4. The van der Waals surface area contributed by atoms with Crippen LogP contribution in [-0.2, 0) is 0 Å². The highest BCUT2D eigenvalue weighted by Gasteiger charge is 2.09. The van der Waals surface area contributed by atoms with Crippen molar-refractivity contribution in [3.05, 3.63) is 81.7 Å². The Morgan fingerprint density at radius 3 is 2.88 bits per heavy atom. The standard InChI is InChI=1S/C19H14N4O2/c1-13-9-10-16-17(11-13)22-19(21-16)15(12-20)7-4-6-14-5-2-3-8-18(14)23(24)25/h2-11H,1H3,(H,21,22)/b6-4+,15-7+. The molecule has 0 aliphatic heterocycles. The number of imidazole rings is 1. The van der Waals surface area contributed by atoms with Crippen molar-refractivity contribution in [2.24, 2.45) is 0 Å². The lowest BCUT2D eigenvalue weighted by Crippen LogP contribution is -1.90. The lowest BCUT2D eigenvalue weighted by Gasteiger charge is -1.95. The van der Waals surface area contributed by atoms with Gasteiger partial charge >= 0.3 is 0 Å². The fourth-order valence-electron chi connectivity index (χ4n) is 2.46. The summed E-state index contributed by atoms with van der Waals surface area (Å²) in [6, 6.07) is 14.3. The Labute approximate surface area is 143 Å². The van der Waals surface area contributed by atoms with Crippen LogP contribution in [-0.4, -0.2) is 14.9 Å². The van der Waals surface area contributed by atoms with E-state index in [4.69, 9.17) is 0 Å². The second-order valence-corrected chi connectivity index (χ2v) is 5.47. The van der Waals surface area contributed by atoms with Gasteiger partial charge in [-0.1, -0.05) is 24.3 Å². The van der Waals surface area contributed by atoms with Crippen LogP contribution in [0.3, 0.4) is 0 Å². The third-order valence-electron chi connectivity index (χ3n) is 3.69. The summed E-state index contributed by atoms with van der Waals surface area (Å²) in [5.41, 5.74) is 3.58. The van der Waals surface area contributed by atoms with E-state index in [0.717, 1.165) is 16.6 Å². The zero-order valence-electron chi connectivity index (χ0n) is 13.4. The van der Waals surface area contributed by atoms with E-state index in [9.17, 15) is 15.4 Å². The summed E-state index contributed by atoms with van der Waals surface area (Å²) in [4.78, 5) is 18.1. The second kappa shape index (κ2) is 6.81. The van der Waals surface area contributed by atoms with Gasteiger partial charge < -0.3 is 4.98 Å². The molecule has 0 aliphatic carbocycles. The van der Waals surface area contributed by atoms with Gasteiger partial charge in [0.25, 0.3) is 5.69 Å². The molecule has 0 atom stereocenters. The molecule has 1 N–H and O–H groups in total. The van der Waals surface area contributed by atoms with E-state index >= 15 is 0 Å². The number of aryl methyl sites for hydroxylation is 1. The van der Waals surface area contributed by atoms with E-state index in [1.807, 2.05) is 25.1 Å². The first-order chi connectivity index (χ1) is 12.1. The minimum absolute atomic E-state index is 0.0184. The third kappa shape index (κ3) is 3.46. The van der Waals surface area contributed by atoms with Crippen LogP contribution in [0.2, 0.25) is 0 Å². The molecule has 1 aromatic heterocycles. The Morgan fingerprint density at radius 2 is 2.12 bits per heavy atom. The number of nitrogens with zero attached hydrogens (tertiary/aromatic N) is 3. The maximum Gasteiger partial charge on any atom is 0.276 e. The van der Waals surface area contributed by atoms with E-state index in [1.54, 1.807) is 36.4 Å². The number of hydrogen-bond donors (Lipinski definition) is 1. The van der Waals surface area contributed by atoms with Crippen LogP contribution in [0, 0.1) is 28.4 Å². The minimum Gasteiger partial charge on any atom is -0.337 e. The Balaban J connectivity index is 1.93. The molecule has 0 aliphatic rings. The predicted molar refractivity (Wildman–Crippen MR) is 96.6 cm³/mol. The molecule has 3 aromatic rings. The SMILES string of the molecule is Cc1ccc2nc(/C(C#N)=C/C=C/c3ccccc3[N+](=O)[O-])[nH]c2c1. The Morgan fingerprint density at radius 1 is 1.32 bits per heavy atom. The fourth-order valence-corrected chi connectivity index (χ4v) is 2.46. The number of nitrogens with one attached hydrogen (secondary N) is 1. The number of benzene rings is 2. The van der Waals surface area contributed by atoms with Gasteiger partial charge in [-0.05, 0) is 42.8 Å². The molecular formula is C19H14N4O2. The predicted octanol–water partition coefficient (Wildman–Crippen LogP) is 4.40. The first kappa shape index (κ1) is 16.1. The molecule has 0 fully saturated rings. The van der Waals surface area contributed by atoms with Crippen molar-refractivity contribution < 1.29 is 4.92 Å². The summed E-state index contributed by atoms with van der Waals surface area (Å²) in [5.74, 6) is 0.468. The van der Waals surface area contributed by atoms with Crippen LogP contribution in [0.15, 0.2) is 54.6 Å². The molecule has 6 nitrogen and oxygen atoms in total. The maximum atomic E-state index is 11.0. The highest BCUT2D eigenvalue weighted by atomic mass is 16.6. The van der Waals surface area contributed by atoms with Gasteiger partial charge in [0, 0.05) is 6.07 Å². The van der Waals surface area contributed by atoms with Crippen LogP contribution in [0.4, 0.5) is 5.69 Å². The number of aromatic nitrogens is 2. The monoisotopic (exact) mass is 330 g/mol. The molecule has 25 heavy (non-hydrogen) atoms. The van der Waals surface area contributed by atoms with E-state index in [2.05, 4.69) is 16.0 Å². The average Bonchev–Trinajstić information content (AvgIpc) is 3.01. The van der Waals surface area contributed by atoms with Crippen molar-refractivity contribution in [3.63, 3.8) is 0 Å². The van der Waals surface area contributed by atoms with Gasteiger partial charge in [-0.15, -0.1) is 0 Å². The summed E-state index contributed by atoms with van der Waals surface area (Å²) >= 11 is 0. The van der Waals surface area contributed by atoms with Crippen molar-refractivity contribution in [2.75, 3.05) is 0 Å². The van der Waals surface area contributed by atoms with Crippen LogP contribution in [0.5, 0.6) is 0 Å². The van der Waals surface area contributed by atoms with Crippen LogP contribution in [0.25, 0.3) is 22.7 Å². The molecule has 1 heterocycles. The number of nitriles is 1. The zero-order chi connectivity index (χ0) is 17.8. The minimum atomic E-state index is -0.434. The third-order valence-corrected chi connectivity index (χ3v) is 3.69. The van der Waals surface area contributed by atoms with Crippen molar-refractivity contribution in [3.8, 4) is 6.07 Å².